The summed E-state index contributed by atoms with van der Waals surface area (Å²) < 4.78 is 18.4. The lowest BCUT2D eigenvalue weighted by atomic mass is 10.4. The number of unbranched alkanes of at least 4 members (excludes halogenated alkanes) is 1. The Kier molecular flexibility index (Phi) is 5.24. The largest absolute Gasteiger partial charge is 0.325 e. The molecule has 1 rings (SSSR count). The van der Waals surface area contributed by atoms with Gasteiger partial charge in [-0.2, -0.15) is 0 Å². The summed E-state index contributed by atoms with van der Waals surface area (Å²) in [7, 11) is -2.67. The highest BCUT2D eigenvalue weighted by Crippen LogP contribution is 2.50. The fourth-order valence-electron chi connectivity index (χ4n) is 1.50. The zero-order valence-electron chi connectivity index (χ0n) is 10.3. The van der Waals surface area contributed by atoms with Crippen molar-refractivity contribution >= 4 is 12.7 Å². The van der Waals surface area contributed by atoms with Gasteiger partial charge in [-0.15, -0.1) is 0 Å². The maximum atomic E-state index is 12.8. The minimum atomic E-state index is -2.67. The molecule has 16 heavy (non-hydrogen) atoms. The van der Waals surface area contributed by atoms with E-state index >= 15 is 0 Å². The zero-order valence-corrected chi connectivity index (χ0v) is 11.2. The standard InChI is InChI=1S/C13H21O2P/c1-4-5-11-15-16(14,12(2)3)13-9-7-6-8-10-13/h6-10,12H,4-5,11H2,1-3H3. The molecule has 0 aliphatic heterocycles. The molecule has 1 unspecified atom stereocenters. The van der Waals surface area contributed by atoms with Gasteiger partial charge in [-0.3, -0.25) is 4.57 Å². The van der Waals surface area contributed by atoms with Gasteiger partial charge in [0.1, 0.15) is 0 Å². The Balaban J connectivity index is 2.85. The van der Waals surface area contributed by atoms with Crippen molar-refractivity contribution in [2.24, 2.45) is 0 Å². The van der Waals surface area contributed by atoms with E-state index in [1.807, 2.05) is 44.2 Å². The topological polar surface area (TPSA) is 26.3 Å². The third kappa shape index (κ3) is 3.20. The Bertz CT molecular complexity index is 346. The van der Waals surface area contributed by atoms with E-state index in [4.69, 9.17) is 4.52 Å². The molecule has 0 saturated heterocycles. The fraction of sp³-hybridized carbons (Fsp3) is 0.538. The summed E-state index contributed by atoms with van der Waals surface area (Å²) in [4.78, 5) is 0. The third-order valence-electron chi connectivity index (χ3n) is 2.58. The molecule has 0 aliphatic carbocycles. The first-order valence-corrected chi connectivity index (χ1v) is 7.60. The summed E-state index contributed by atoms with van der Waals surface area (Å²) in [6.07, 6.45) is 2.02. The average molecular weight is 240 g/mol. The third-order valence-corrected chi connectivity index (χ3v) is 5.52. The Labute approximate surface area is 98.5 Å². The van der Waals surface area contributed by atoms with E-state index < -0.39 is 7.37 Å². The molecule has 90 valence electrons. The maximum Gasteiger partial charge on any atom is 0.234 e. The molecule has 1 aromatic rings. The van der Waals surface area contributed by atoms with Gasteiger partial charge in [-0.05, 0) is 18.6 Å². The van der Waals surface area contributed by atoms with Crippen LogP contribution in [0.5, 0.6) is 0 Å². The zero-order chi connectivity index (χ0) is 12.0. The lowest BCUT2D eigenvalue weighted by Crippen LogP contribution is -2.15. The lowest BCUT2D eigenvalue weighted by Gasteiger charge is -2.22. The van der Waals surface area contributed by atoms with Crippen LogP contribution < -0.4 is 5.30 Å². The Morgan fingerprint density at radius 2 is 1.88 bits per heavy atom. The Morgan fingerprint density at radius 3 is 2.38 bits per heavy atom. The molecule has 0 aromatic heterocycles. The van der Waals surface area contributed by atoms with Crippen LogP contribution in [-0.4, -0.2) is 12.3 Å². The second kappa shape index (κ2) is 6.22. The Hall–Kier alpha value is -0.590. The molecule has 0 saturated carbocycles. The molecule has 0 radical (unpaired) electrons. The maximum absolute atomic E-state index is 12.8. The predicted octanol–water partition coefficient (Wildman–Crippen LogP) is 3.82. The van der Waals surface area contributed by atoms with Crippen LogP contribution in [0.15, 0.2) is 30.3 Å². The molecule has 1 aromatic carbocycles. The average Bonchev–Trinajstić information content (AvgIpc) is 2.30. The summed E-state index contributed by atoms with van der Waals surface area (Å²) in [6, 6.07) is 9.54. The number of hydrogen-bond acceptors (Lipinski definition) is 2. The highest BCUT2D eigenvalue weighted by molar-refractivity contribution is 7.67. The lowest BCUT2D eigenvalue weighted by molar-refractivity contribution is 0.308. The van der Waals surface area contributed by atoms with Gasteiger partial charge in [0.25, 0.3) is 0 Å². The summed E-state index contributed by atoms with van der Waals surface area (Å²) >= 11 is 0. The predicted molar refractivity (Wildman–Crippen MR) is 69.7 cm³/mol. The van der Waals surface area contributed by atoms with Gasteiger partial charge in [-0.25, -0.2) is 0 Å². The quantitative estimate of drug-likeness (QED) is 0.558. The van der Waals surface area contributed by atoms with E-state index in [0.29, 0.717) is 6.61 Å². The monoisotopic (exact) mass is 240 g/mol. The molecule has 3 heteroatoms. The van der Waals surface area contributed by atoms with Gasteiger partial charge >= 0.3 is 0 Å². The van der Waals surface area contributed by atoms with Crippen molar-refractivity contribution in [2.75, 3.05) is 6.61 Å². The van der Waals surface area contributed by atoms with E-state index in [9.17, 15) is 4.57 Å². The highest BCUT2D eigenvalue weighted by Gasteiger charge is 2.29. The Morgan fingerprint density at radius 1 is 1.25 bits per heavy atom. The van der Waals surface area contributed by atoms with Crippen molar-refractivity contribution in [2.45, 2.75) is 39.3 Å². The van der Waals surface area contributed by atoms with Crippen molar-refractivity contribution in [3.8, 4) is 0 Å². The molecule has 2 nitrogen and oxygen atoms in total. The highest BCUT2D eigenvalue weighted by atomic mass is 31.2. The SMILES string of the molecule is CCCCOP(=O)(c1ccccc1)C(C)C. The van der Waals surface area contributed by atoms with Crippen molar-refractivity contribution < 1.29 is 9.09 Å². The van der Waals surface area contributed by atoms with Crippen LogP contribution in [0.1, 0.15) is 33.6 Å². The van der Waals surface area contributed by atoms with Crippen molar-refractivity contribution in [3.05, 3.63) is 30.3 Å². The molecule has 0 bridgehead atoms. The van der Waals surface area contributed by atoms with E-state index in [1.54, 1.807) is 0 Å². The van der Waals surface area contributed by atoms with Gasteiger partial charge in [0, 0.05) is 11.0 Å². The van der Waals surface area contributed by atoms with Crippen molar-refractivity contribution in [1.82, 2.24) is 0 Å². The molecule has 0 N–H and O–H groups in total. The van der Waals surface area contributed by atoms with E-state index in [-0.39, 0.29) is 5.66 Å². The summed E-state index contributed by atoms with van der Waals surface area (Å²) in [5.41, 5.74) is 0.0340. The molecular weight excluding hydrogens is 219 g/mol. The number of rotatable bonds is 6. The molecule has 0 heterocycles. The minimum absolute atomic E-state index is 0.0340. The summed E-state index contributed by atoms with van der Waals surface area (Å²) in [5.74, 6) is 0. The second-order valence-corrected chi connectivity index (χ2v) is 7.21. The van der Waals surface area contributed by atoms with Crippen molar-refractivity contribution in [1.29, 1.82) is 0 Å². The van der Waals surface area contributed by atoms with Gasteiger partial charge in [0.05, 0.1) is 6.61 Å². The van der Waals surface area contributed by atoms with Gasteiger partial charge in [0.15, 0.2) is 0 Å². The molecule has 0 amide bonds. The summed E-state index contributed by atoms with van der Waals surface area (Å²) in [6.45, 7) is 6.60. The number of benzene rings is 1. The van der Waals surface area contributed by atoms with E-state index in [0.717, 1.165) is 18.1 Å². The van der Waals surface area contributed by atoms with Crippen molar-refractivity contribution in [3.63, 3.8) is 0 Å². The molecule has 0 aliphatic rings. The molecule has 1 atom stereocenters. The molecular formula is C13H21O2P. The summed E-state index contributed by atoms with van der Waals surface area (Å²) in [5, 5.41) is 0.834. The second-order valence-electron chi connectivity index (χ2n) is 4.21. The van der Waals surface area contributed by atoms with Gasteiger partial charge in [-0.1, -0.05) is 45.4 Å². The van der Waals surface area contributed by atoms with Crippen LogP contribution in [0.3, 0.4) is 0 Å². The first-order valence-electron chi connectivity index (χ1n) is 5.91. The van der Waals surface area contributed by atoms with Crippen LogP contribution in [-0.2, 0) is 9.09 Å². The normalized spacial score (nSPS) is 15.0. The van der Waals surface area contributed by atoms with Crippen LogP contribution in [0.4, 0.5) is 0 Å². The first-order chi connectivity index (χ1) is 7.61. The smallest absolute Gasteiger partial charge is 0.234 e. The minimum Gasteiger partial charge on any atom is -0.325 e. The van der Waals surface area contributed by atoms with Crippen LogP contribution in [0.25, 0.3) is 0 Å². The fourth-order valence-corrected chi connectivity index (χ4v) is 3.53. The molecule has 0 spiro atoms. The van der Waals surface area contributed by atoms with Gasteiger partial charge < -0.3 is 4.52 Å². The molecule has 0 fully saturated rings. The van der Waals surface area contributed by atoms with Gasteiger partial charge in [0.2, 0.25) is 7.37 Å². The number of hydrogen-bond donors (Lipinski definition) is 0. The van der Waals surface area contributed by atoms with E-state index in [2.05, 4.69) is 6.92 Å². The van der Waals surface area contributed by atoms with E-state index in [1.165, 1.54) is 0 Å². The van der Waals surface area contributed by atoms with Crippen LogP contribution in [0.2, 0.25) is 0 Å². The first kappa shape index (κ1) is 13.5. The van der Waals surface area contributed by atoms with Crippen LogP contribution in [0, 0.1) is 0 Å². The van der Waals surface area contributed by atoms with Crippen LogP contribution >= 0.6 is 7.37 Å².